The molecule has 0 spiro atoms. The molecule has 2 heteroatoms. The molecular weight excluding hydrogens is 206 g/mol. The molecule has 0 aliphatic carbocycles. The van der Waals surface area contributed by atoms with E-state index in [0.717, 1.165) is 6.42 Å². The first kappa shape index (κ1) is 12.3. The van der Waals surface area contributed by atoms with Gasteiger partial charge in [-0.25, -0.2) is 0 Å². The highest BCUT2D eigenvalue weighted by atomic mass is 35.5. The van der Waals surface area contributed by atoms with Gasteiger partial charge in [0.2, 0.25) is 0 Å². The second-order valence-electron chi connectivity index (χ2n) is 3.99. The van der Waals surface area contributed by atoms with Crippen molar-refractivity contribution in [3.8, 4) is 0 Å². The molecule has 1 rings (SSSR count). The third-order valence-corrected chi connectivity index (χ3v) is 2.44. The van der Waals surface area contributed by atoms with Gasteiger partial charge in [-0.1, -0.05) is 48.0 Å². The fourth-order valence-corrected chi connectivity index (χ4v) is 1.51. The molecule has 0 aromatic heterocycles. The van der Waals surface area contributed by atoms with Gasteiger partial charge in [0.05, 0.1) is 0 Å². The van der Waals surface area contributed by atoms with Gasteiger partial charge in [-0.2, -0.15) is 0 Å². The molecule has 0 saturated heterocycles. The highest BCUT2D eigenvalue weighted by Crippen LogP contribution is 2.06. The van der Waals surface area contributed by atoms with Gasteiger partial charge in [0.1, 0.15) is 0 Å². The van der Waals surface area contributed by atoms with Crippen LogP contribution in [0.4, 0.5) is 0 Å². The molecule has 1 atom stereocenters. The predicted molar refractivity (Wildman–Crippen MR) is 67.3 cm³/mol. The zero-order valence-electron chi connectivity index (χ0n) is 9.39. The number of benzene rings is 1. The van der Waals surface area contributed by atoms with Crippen LogP contribution in [0.25, 0.3) is 0 Å². The van der Waals surface area contributed by atoms with Crippen molar-refractivity contribution in [2.24, 2.45) is 0 Å². The van der Waals surface area contributed by atoms with Gasteiger partial charge in [-0.15, -0.1) is 0 Å². The SMILES string of the molecule is C=C(Cl)CNC(C)Cc1ccc(C)cc1. The van der Waals surface area contributed by atoms with Crippen LogP contribution in [0.15, 0.2) is 35.9 Å². The minimum absolute atomic E-state index is 0.420. The predicted octanol–water partition coefficient (Wildman–Crippen LogP) is 3.27. The number of hydrogen-bond donors (Lipinski definition) is 1. The smallest absolute Gasteiger partial charge is 0.0310 e. The molecule has 15 heavy (non-hydrogen) atoms. The maximum absolute atomic E-state index is 5.69. The lowest BCUT2D eigenvalue weighted by atomic mass is 10.1. The summed E-state index contributed by atoms with van der Waals surface area (Å²) < 4.78 is 0. The monoisotopic (exact) mass is 223 g/mol. The Bertz CT molecular complexity index is 316. The van der Waals surface area contributed by atoms with E-state index in [1.165, 1.54) is 11.1 Å². The Hall–Kier alpha value is -0.790. The third kappa shape index (κ3) is 5.01. The number of aryl methyl sites for hydroxylation is 1. The van der Waals surface area contributed by atoms with E-state index in [2.05, 4.69) is 50.0 Å². The fraction of sp³-hybridized carbons (Fsp3) is 0.385. The first-order chi connectivity index (χ1) is 7.08. The van der Waals surface area contributed by atoms with Crippen molar-refractivity contribution < 1.29 is 0 Å². The Morgan fingerprint density at radius 2 is 2.00 bits per heavy atom. The topological polar surface area (TPSA) is 12.0 Å². The molecule has 0 heterocycles. The fourth-order valence-electron chi connectivity index (χ4n) is 1.43. The number of rotatable bonds is 5. The quantitative estimate of drug-likeness (QED) is 0.808. The molecule has 1 nitrogen and oxygen atoms in total. The standard InChI is InChI=1S/C13H18ClN/c1-10-4-6-13(7-5-10)8-12(3)15-9-11(2)14/h4-7,12,15H,2,8-9H2,1,3H3. The average molecular weight is 224 g/mol. The summed E-state index contributed by atoms with van der Waals surface area (Å²) in [6.07, 6.45) is 1.02. The zero-order valence-corrected chi connectivity index (χ0v) is 10.1. The Labute approximate surface area is 97.1 Å². The molecule has 0 aliphatic rings. The van der Waals surface area contributed by atoms with Crippen LogP contribution < -0.4 is 5.32 Å². The van der Waals surface area contributed by atoms with Crippen LogP contribution in [0.5, 0.6) is 0 Å². The maximum Gasteiger partial charge on any atom is 0.0310 e. The summed E-state index contributed by atoms with van der Waals surface area (Å²) in [5.74, 6) is 0. The molecule has 0 bridgehead atoms. The molecule has 1 aromatic rings. The van der Waals surface area contributed by atoms with E-state index in [-0.39, 0.29) is 0 Å². The van der Waals surface area contributed by atoms with Gasteiger partial charge < -0.3 is 5.32 Å². The van der Waals surface area contributed by atoms with Crippen LogP contribution in [0.1, 0.15) is 18.1 Å². The van der Waals surface area contributed by atoms with Gasteiger partial charge in [-0.05, 0) is 25.8 Å². The van der Waals surface area contributed by atoms with E-state index >= 15 is 0 Å². The minimum Gasteiger partial charge on any atom is -0.309 e. The molecule has 0 saturated carbocycles. The van der Waals surface area contributed by atoms with Gasteiger partial charge in [0, 0.05) is 17.6 Å². The minimum atomic E-state index is 0.420. The van der Waals surface area contributed by atoms with Gasteiger partial charge in [0.15, 0.2) is 0 Å². The highest BCUT2D eigenvalue weighted by Gasteiger charge is 2.02. The molecule has 0 radical (unpaired) electrons. The van der Waals surface area contributed by atoms with E-state index in [9.17, 15) is 0 Å². The normalized spacial score (nSPS) is 12.5. The molecular formula is C13H18ClN. The Morgan fingerprint density at radius 1 is 1.40 bits per heavy atom. The van der Waals surface area contributed by atoms with Crippen LogP contribution in [-0.4, -0.2) is 12.6 Å². The Balaban J connectivity index is 2.40. The van der Waals surface area contributed by atoms with Gasteiger partial charge in [-0.3, -0.25) is 0 Å². The molecule has 1 N–H and O–H groups in total. The van der Waals surface area contributed by atoms with E-state index < -0.39 is 0 Å². The number of nitrogens with one attached hydrogen (secondary N) is 1. The van der Waals surface area contributed by atoms with Crippen molar-refractivity contribution in [2.75, 3.05) is 6.54 Å². The average Bonchev–Trinajstić information content (AvgIpc) is 2.19. The summed E-state index contributed by atoms with van der Waals surface area (Å²) in [5.41, 5.74) is 2.65. The second-order valence-corrected chi connectivity index (χ2v) is 4.52. The first-order valence-electron chi connectivity index (χ1n) is 5.20. The largest absolute Gasteiger partial charge is 0.309 e. The maximum atomic E-state index is 5.69. The van der Waals surface area contributed by atoms with Crippen molar-refractivity contribution in [2.45, 2.75) is 26.3 Å². The van der Waals surface area contributed by atoms with Crippen molar-refractivity contribution in [1.29, 1.82) is 0 Å². The Morgan fingerprint density at radius 3 is 2.53 bits per heavy atom. The molecule has 1 aromatic carbocycles. The van der Waals surface area contributed by atoms with Crippen LogP contribution in [0.3, 0.4) is 0 Å². The van der Waals surface area contributed by atoms with Gasteiger partial charge >= 0.3 is 0 Å². The summed E-state index contributed by atoms with van der Waals surface area (Å²) >= 11 is 5.69. The van der Waals surface area contributed by atoms with Crippen LogP contribution >= 0.6 is 11.6 Å². The van der Waals surface area contributed by atoms with E-state index in [1.807, 2.05) is 0 Å². The van der Waals surface area contributed by atoms with Crippen LogP contribution in [0.2, 0.25) is 0 Å². The van der Waals surface area contributed by atoms with Crippen LogP contribution in [0, 0.1) is 6.92 Å². The van der Waals surface area contributed by atoms with E-state index in [1.54, 1.807) is 0 Å². The lowest BCUT2D eigenvalue weighted by molar-refractivity contribution is 0.578. The van der Waals surface area contributed by atoms with Crippen molar-refractivity contribution >= 4 is 11.6 Å². The van der Waals surface area contributed by atoms with Crippen molar-refractivity contribution in [1.82, 2.24) is 5.32 Å². The van der Waals surface area contributed by atoms with E-state index in [4.69, 9.17) is 11.6 Å². The van der Waals surface area contributed by atoms with E-state index in [0.29, 0.717) is 17.6 Å². The summed E-state index contributed by atoms with van der Waals surface area (Å²) in [7, 11) is 0. The second kappa shape index (κ2) is 5.94. The highest BCUT2D eigenvalue weighted by molar-refractivity contribution is 6.29. The lowest BCUT2D eigenvalue weighted by Gasteiger charge is -2.13. The summed E-state index contributed by atoms with van der Waals surface area (Å²) in [4.78, 5) is 0. The molecule has 0 aliphatic heterocycles. The first-order valence-corrected chi connectivity index (χ1v) is 5.58. The lowest BCUT2D eigenvalue weighted by Crippen LogP contribution is -2.28. The zero-order chi connectivity index (χ0) is 11.3. The third-order valence-electron chi connectivity index (χ3n) is 2.30. The van der Waals surface area contributed by atoms with Crippen molar-refractivity contribution in [3.05, 3.63) is 47.0 Å². The summed E-state index contributed by atoms with van der Waals surface area (Å²) in [6.45, 7) is 8.58. The van der Waals surface area contributed by atoms with Gasteiger partial charge in [0.25, 0.3) is 0 Å². The number of halogens is 1. The Kier molecular flexibility index (Phi) is 4.86. The molecule has 0 fully saturated rings. The molecule has 82 valence electrons. The summed E-state index contributed by atoms with van der Waals surface area (Å²) in [5, 5.41) is 3.97. The molecule has 0 amide bonds. The van der Waals surface area contributed by atoms with Crippen molar-refractivity contribution in [3.63, 3.8) is 0 Å². The summed E-state index contributed by atoms with van der Waals surface area (Å²) in [6, 6.07) is 9.04. The number of hydrogen-bond acceptors (Lipinski definition) is 1. The van der Waals surface area contributed by atoms with Crippen LogP contribution in [-0.2, 0) is 6.42 Å². The molecule has 1 unspecified atom stereocenters.